The topological polar surface area (TPSA) is 84.5 Å². The molecule has 1 aromatic rings. The van der Waals surface area contributed by atoms with Crippen LogP contribution in [0.5, 0.6) is 0 Å². The van der Waals surface area contributed by atoms with Crippen LogP contribution in [-0.2, 0) is 22.4 Å². The fraction of sp³-hybridized carbons (Fsp3) is 0.533. The zero-order valence-corrected chi connectivity index (χ0v) is 13.6. The first-order chi connectivity index (χ1) is 10.6. The number of ether oxygens (including phenoxy) is 1. The summed E-state index contributed by atoms with van der Waals surface area (Å²) in [5.41, 5.74) is 1.36. The molecule has 0 saturated carbocycles. The van der Waals surface area contributed by atoms with Crippen molar-refractivity contribution < 1.29 is 19.1 Å². The summed E-state index contributed by atoms with van der Waals surface area (Å²) in [7, 11) is 0. The second-order valence-electron chi connectivity index (χ2n) is 5.03. The van der Waals surface area contributed by atoms with E-state index >= 15 is 0 Å². The maximum Gasteiger partial charge on any atom is 0.414 e. The molecule has 22 heavy (non-hydrogen) atoms. The van der Waals surface area contributed by atoms with Crippen LogP contribution in [0.15, 0.2) is 0 Å². The lowest BCUT2D eigenvalue weighted by molar-refractivity contribution is -0.116. The minimum absolute atomic E-state index is 0.118. The molecule has 120 valence electrons. The van der Waals surface area contributed by atoms with E-state index in [-0.39, 0.29) is 12.5 Å². The molecule has 1 aliphatic carbocycles. The van der Waals surface area contributed by atoms with Gasteiger partial charge in [-0.2, -0.15) is 0 Å². The number of carbonyl (C=O) groups excluding carboxylic acids is 3. The van der Waals surface area contributed by atoms with Crippen molar-refractivity contribution in [3.8, 4) is 0 Å². The maximum atomic E-state index is 12.4. The average Bonchev–Trinajstić information content (AvgIpc) is 2.98. The van der Waals surface area contributed by atoms with E-state index in [1.165, 1.54) is 11.3 Å². The van der Waals surface area contributed by atoms with Crippen molar-refractivity contribution in [1.29, 1.82) is 0 Å². The Balaban J connectivity index is 2.22. The lowest BCUT2D eigenvalue weighted by atomic mass is 10.1. The minimum Gasteiger partial charge on any atom is -0.450 e. The number of imide groups is 1. The number of hydrogen-bond donors (Lipinski definition) is 2. The summed E-state index contributed by atoms with van der Waals surface area (Å²) < 4.78 is 4.73. The van der Waals surface area contributed by atoms with Crippen molar-refractivity contribution in [2.24, 2.45) is 0 Å². The van der Waals surface area contributed by atoms with Gasteiger partial charge >= 0.3 is 6.09 Å². The van der Waals surface area contributed by atoms with Crippen molar-refractivity contribution in [3.05, 3.63) is 16.0 Å². The second-order valence-corrected chi connectivity index (χ2v) is 6.14. The summed E-state index contributed by atoms with van der Waals surface area (Å²) in [5, 5.41) is 5.54. The Hall–Kier alpha value is -1.89. The van der Waals surface area contributed by atoms with Crippen LogP contribution in [0.2, 0.25) is 0 Å². The van der Waals surface area contributed by atoms with E-state index < -0.39 is 12.0 Å². The van der Waals surface area contributed by atoms with E-state index in [9.17, 15) is 14.4 Å². The molecule has 0 aliphatic heterocycles. The van der Waals surface area contributed by atoms with E-state index in [1.807, 2.05) is 6.92 Å². The van der Waals surface area contributed by atoms with Gasteiger partial charge in [0.05, 0.1) is 12.2 Å². The molecule has 0 saturated heterocycles. The van der Waals surface area contributed by atoms with Gasteiger partial charge in [-0.05, 0) is 38.2 Å². The monoisotopic (exact) mass is 324 g/mol. The Kier molecular flexibility index (Phi) is 5.54. The van der Waals surface area contributed by atoms with Crippen molar-refractivity contribution >= 4 is 34.2 Å². The van der Waals surface area contributed by atoms with E-state index in [0.29, 0.717) is 17.0 Å². The number of nitrogens with one attached hydrogen (secondary N) is 2. The van der Waals surface area contributed by atoms with Gasteiger partial charge in [-0.25, -0.2) is 4.79 Å². The Bertz CT molecular complexity index is 595. The molecule has 0 spiro atoms. The molecule has 1 aliphatic rings. The molecule has 1 aromatic heterocycles. The SMILES string of the molecule is CCCC(=O)Nc1sc2c(c1C(=O)NC(=O)OCC)CCC2. The summed E-state index contributed by atoms with van der Waals surface area (Å²) in [4.78, 5) is 36.7. The number of carbonyl (C=O) groups is 3. The molecule has 6 nitrogen and oxygen atoms in total. The molecule has 1 heterocycles. The third-order valence-electron chi connectivity index (χ3n) is 3.37. The third kappa shape index (κ3) is 3.65. The first-order valence-electron chi connectivity index (χ1n) is 7.49. The Morgan fingerprint density at radius 1 is 1.23 bits per heavy atom. The van der Waals surface area contributed by atoms with Crippen molar-refractivity contribution in [3.63, 3.8) is 0 Å². The van der Waals surface area contributed by atoms with Gasteiger partial charge in [-0.3, -0.25) is 14.9 Å². The first-order valence-corrected chi connectivity index (χ1v) is 8.30. The minimum atomic E-state index is -0.767. The molecule has 0 aromatic carbocycles. The Morgan fingerprint density at radius 2 is 2.00 bits per heavy atom. The van der Waals surface area contributed by atoms with Crippen LogP contribution in [0.4, 0.5) is 9.80 Å². The molecule has 2 N–H and O–H groups in total. The molecule has 2 rings (SSSR count). The normalized spacial score (nSPS) is 12.6. The lowest BCUT2D eigenvalue weighted by Crippen LogP contribution is -2.32. The second kappa shape index (κ2) is 7.40. The lowest BCUT2D eigenvalue weighted by Gasteiger charge is -2.08. The highest BCUT2D eigenvalue weighted by molar-refractivity contribution is 7.17. The molecule has 0 bridgehead atoms. The molecule has 0 radical (unpaired) electrons. The van der Waals surface area contributed by atoms with Gasteiger partial charge in [-0.1, -0.05) is 6.92 Å². The van der Waals surface area contributed by atoms with Crippen LogP contribution >= 0.6 is 11.3 Å². The fourth-order valence-electron chi connectivity index (χ4n) is 2.47. The number of rotatable bonds is 5. The van der Waals surface area contributed by atoms with Crippen LogP contribution in [0, 0.1) is 0 Å². The number of amides is 3. The number of hydrogen-bond acceptors (Lipinski definition) is 5. The van der Waals surface area contributed by atoms with Crippen LogP contribution in [0.3, 0.4) is 0 Å². The largest absolute Gasteiger partial charge is 0.450 e. The number of thiophene rings is 1. The van der Waals surface area contributed by atoms with Crippen molar-refractivity contribution in [2.45, 2.75) is 46.0 Å². The number of alkyl carbamates (subject to hydrolysis) is 1. The summed E-state index contributed by atoms with van der Waals surface area (Å²) in [6.45, 7) is 3.78. The van der Waals surface area contributed by atoms with Crippen LogP contribution in [0.1, 0.15) is 53.9 Å². The van der Waals surface area contributed by atoms with Gasteiger partial charge in [0, 0.05) is 11.3 Å². The predicted molar refractivity (Wildman–Crippen MR) is 84.4 cm³/mol. The van der Waals surface area contributed by atoms with Gasteiger partial charge in [0.25, 0.3) is 5.91 Å². The van der Waals surface area contributed by atoms with Crippen molar-refractivity contribution in [1.82, 2.24) is 5.32 Å². The Labute approximate surface area is 133 Å². The zero-order chi connectivity index (χ0) is 16.1. The molecular formula is C15H20N2O4S. The maximum absolute atomic E-state index is 12.4. The molecule has 7 heteroatoms. The highest BCUT2D eigenvalue weighted by Gasteiger charge is 2.28. The molecule has 0 atom stereocenters. The number of fused-ring (bicyclic) bond motifs is 1. The summed E-state index contributed by atoms with van der Waals surface area (Å²) in [6, 6.07) is 0. The van der Waals surface area contributed by atoms with E-state index in [4.69, 9.17) is 4.74 Å². The third-order valence-corrected chi connectivity index (χ3v) is 4.58. The highest BCUT2D eigenvalue weighted by Crippen LogP contribution is 2.39. The van der Waals surface area contributed by atoms with E-state index in [2.05, 4.69) is 10.6 Å². The van der Waals surface area contributed by atoms with Crippen LogP contribution < -0.4 is 10.6 Å². The molecule has 0 fully saturated rings. The van der Waals surface area contributed by atoms with Gasteiger partial charge in [0.2, 0.25) is 5.91 Å². The highest BCUT2D eigenvalue weighted by atomic mass is 32.1. The zero-order valence-electron chi connectivity index (χ0n) is 12.8. The van der Waals surface area contributed by atoms with Crippen molar-refractivity contribution in [2.75, 3.05) is 11.9 Å². The summed E-state index contributed by atoms with van der Waals surface area (Å²) in [6.07, 6.45) is 3.06. The van der Waals surface area contributed by atoms with Gasteiger partial charge < -0.3 is 10.1 Å². The summed E-state index contributed by atoms with van der Waals surface area (Å²) >= 11 is 1.43. The molecular weight excluding hydrogens is 304 g/mol. The van der Waals surface area contributed by atoms with E-state index in [1.54, 1.807) is 6.92 Å². The van der Waals surface area contributed by atoms with Gasteiger partial charge in [-0.15, -0.1) is 11.3 Å². The molecule has 0 unspecified atom stereocenters. The standard InChI is InChI=1S/C15H20N2O4S/c1-3-6-11(18)16-14-12(9-7-5-8-10(9)22-14)13(19)17-15(20)21-4-2/h3-8H2,1-2H3,(H,16,18)(H,17,19,20). The number of aryl methyl sites for hydroxylation is 1. The molecule has 3 amide bonds. The van der Waals surface area contributed by atoms with Crippen LogP contribution in [0.25, 0.3) is 0 Å². The number of anilines is 1. The van der Waals surface area contributed by atoms with Crippen LogP contribution in [-0.4, -0.2) is 24.5 Å². The van der Waals surface area contributed by atoms with E-state index in [0.717, 1.165) is 36.1 Å². The first kappa shape index (κ1) is 16.5. The fourth-order valence-corrected chi connectivity index (χ4v) is 3.77. The average molecular weight is 324 g/mol. The smallest absolute Gasteiger partial charge is 0.414 e. The van der Waals surface area contributed by atoms with Gasteiger partial charge in [0.1, 0.15) is 5.00 Å². The van der Waals surface area contributed by atoms with Gasteiger partial charge in [0.15, 0.2) is 0 Å². The predicted octanol–water partition coefficient (Wildman–Crippen LogP) is 2.86. The summed E-state index contributed by atoms with van der Waals surface area (Å²) in [5.74, 6) is -0.628. The Morgan fingerprint density at radius 3 is 2.68 bits per heavy atom. The quantitative estimate of drug-likeness (QED) is 0.872.